The van der Waals surface area contributed by atoms with Crippen molar-refractivity contribution in [2.24, 2.45) is 0 Å². The van der Waals surface area contributed by atoms with Gasteiger partial charge < -0.3 is 19.8 Å². The number of aromatic amines is 1. The van der Waals surface area contributed by atoms with E-state index in [1.165, 1.54) is 6.33 Å². The summed E-state index contributed by atoms with van der Waals surface area (Å²) in [5.41, 5.74) is 0.731. The first-order chi connectivity index (χ1) is 9.66. The Bertz CT molecular complexity index is 630. The van der Waals surface area contributed by atoms with Crippen molar-refractivity contribution in [2.75, 3.05) is 5.32 Å². The molecule has 0 aliphatic carbocycles. The Kier molecular flexibility index (Phi) is 4.28. The van der Waals surface area contributed by atoms with E-state index in [1.54, 1.807) is 12.6 Å². The SMILES string of the molecule is CC(=O)O.c1coc(CNc2[nH]cnc3ncnc2-3)c1. The van der Waals surface area contributed by atoms with Gasteiger partial charge >= 0.3 is 0 Å². The standard InChI is InChI=1S/C10H9N5O.C2H4O2/c1-2-7(16-3-1)4-11-9-8-10(13-5-12-8)15-6-14-9;1-2(3)4/h1-3,5-6H,4H2,(H2,11,12,13,14,15);1H3,(H,3,4). The van der Waals surface area contributed by atoms with E-state index in [0.717, 1.165) is 24.2 Å². The number of hydrogen-bond acceptors (Lipinski definition) is 6. The number of nitrogens with zero attached hydrogens (tertiary/aromatic N) is 3. The quantitative estimate of drug-likeness (QED) is 0.664. The van der Waals surface area contributed by atoms with Crippen LogP contribution in [-0.2, 0) is 11.3 Å². The van der Waals surface area contributed by atoms with Gasteiger partial charge in [-0.05, 0) is 12.1 Å². The van der Waals surface area contributed by atoms with E-state index in [2.05, 4.69) is 25.3 Å². The number of aromatic nitrogens is 4. The highest BCUT2D eigenvalue weighted by Crippen LogP contribution is 2.21. The zero-order valence-corrected chi connectivity index (χ0v) is 10.7. The Morgan fingerprint density at radius 2 is 2.25 bits per heavy atom. The third kappa shape index (κ3) is 3.55. The van der Waals surface area contributed by atoms with Crippen LogP contribution in [-0.4, -0.2) is 31.0 Å². The van der Waals surface area contributed by atoms with Crippen molar-refractivity contribution in [3.8, 4) is 11.5 Å². The first-order valence-electron chi connectivity index (χ1n) is 5.76. The van der Waals surface area contributed by atoms with Crippen LogP contribution < -0.4 is 5.32 Å². The summed E-state index contributed by atoms with van der Waals surface area (Å²) >= 11 is 0. The number of furan rings is 1. The lowest BCUT2D eigenvalue weighted by Crippen LogP contribution is -2.03. The maximum Gasteiger partial charge on any atom is 0.300 e. The van der Waals surface area contributed by atoms with Crippen molar-refractivity contribution in [3.05, 3.63) is 36.8 Å². The van der Waals surface area contributed by atoms with Crippen molar-refractivity contribution in [1.82, 2.24) is 19.9 Å². The molecule has 0 atom stereocenters. The van der Waals surface area contributed by atoms with Crippen molar-refractivity contribution in [1.29, 1.82) is 0 Å². The number of anilines is 1. The van der Waals surface area contributed by atoms with Gasteiger partial charge in [0, 0.05) is 6.92 Å². The molecule has 0 saturated heterocycles. The van der Waals surface area contributed by atoms with Crippen LogP contribution in [0.5, 0.6) is 0 Å². The second kappa shape index (κ2) is 6.32. The van der Waals surface area contributed by atoms with Gasteiger partial charge in [0.25, 0.3) is 5.97 Å². The molecule has 0 aromatic carbocycles. The highest BCUT2D eigenvalue weighted by atomic mass is 16.4. The predicted octanol–water partition coefficient (Wildman–Crippen LogP) is 1.60. The highest BCUT2D eigenvalue weighted by Gasteiger charge is 2.12. The molecule has 0 unspecified atom stereocenters. The van der Waals surface area contributed by atoms with E-state index in [-0.39, 0.29) is 0 Å². The van der Waals surface area contributed by atoms with E-state index in [0.29, 0.717) is 12.4 Å². The summed E-state index contributed by atoms with van der Waals surface area (Å²) < 4.78 is 5.22. The number of carboxylic acid groups (broad SMARTS) is 1. The van der Waals surface area contributed by atoms with Crippen LogP contribution in [0.15, 0.2) is 35.5 Å². The number of hydrogen-bond donors (Lipinski definition) is 3. The Morgan fingerprint density at radius 3 is 2.95 bits per heavy atom. The number of carboxylic acids is 1. The monoisotopic (exact) mass is 275 g/mol. The van der Waals surface area contributed by atoms with Gasteiger partial charge in [-0.1, -0.05) is 0 Å². The van der Waals surface area contributed by atoms with Gasteiger partial charge in [0.15, 0.2) is 5.82 Å². The van der Waals surface area contributed by atoms with Crippen LogP contribution in [0.4, 0.5) is 5.82 Å². The number of aliphatic carboxylic acids is 1. The average Bonchev–Trinajstić information content (AvgIpc) is 3.06. The lowest BCUT2D eigenvalue weighted by Gasteiger charge is -2.06. The zero-order chi connectivity index (χ0) is 14.4. The molecule has 0 fully saturated rings. The summed E-state index contributed by atoms with van der Waals surface area (Å²) in [6.45, 7) is 1.68. The van der Waals surface area contributed by atoms with E-state index in [9.17, 15) is 0 Å². The molecule has 0 spiro atoms. The molecule has 0 saturated carbocycles. The topological polar surface area (TPSA) is 117 Å². The summed E-state index contributed by atoms with van der Waals surface area (Å²) in [5, 5.41) is 10.6. The van der Waals surface area contributed by atoms with E-state index in [4.69, 9.17) is 14.3 Å². The van der Waals surface area contributed by atoms with Crippen LogP contribution in [0.2, 0.25) is 0 Å². The molecule has 0 bridgehead atoms. The Morgan fingerprint density at radius 1 is 1.45 bits per heavy atom. The molecule has 2 aliphatic heterocycles. The van der Waals surface area contributed by atoms with E-state index >= 15 is 0 Å². The fourth-order valence-corrected chi connectivity index (χ4v) is 1.48. The summed E-state index contributed by atoms with van der Waals surface area (Å²) in [4.78, 5) is 24.2. The molecule has 0 radical (unpaired) electrons. The minimum Gasteiger partial charge on any atom is -0.481 e. The van der Waals surface area contributed by atoms with E-state index in [1.807, 2.05) is 12.1 Å². The van der Waals surface area contributed by atoms with Crippen LogP contribution in [0.25, 0.3) is 11.5 Å². The van der Waals surface area contributed by atoms with Crippen LogP contribution >= 0.6 is 0 Å². The van der Waals surface area contributed by atoms with Gasteiger partial charge in [-0.3, -0.25) is 4.79 Å². The zero-order valence-electron chi connectivity index (χ0n) is 10.7. The Hall–Kier alpha value is -2.90. The number of nitrogens with one attached hydrogen (secondary N) is 2. The number of rotatable bonds is 3. The second-order valence-electron chi connectivity index (χ2n) is 3.78. The molecule has 8 heteroatoms. The molecule has 1 aromatic heterocycles. The summed E-state index contributed by atoms with van der Waals surface area (Å²) in [6, 6.07) is 3.76. The maximum atomic E-state index is 9.00. The third-order valence-electron chi connectivity index (χ3n) is 2.23. The van der Waals surface area contributed by atoms with Gasteiger partial charge in [-0.25, -0.2) is 15.0 Å². The molecule has 3 rings (SSSR count). The highest BCUT2D eigenvalue weighted by molar-refractivity contribution is 5.66. The molecule has 104 valence electrons. The molecular weight excluding hydrogens is 262 g/mol. The maximum absolute atomic E-state index is 9.00. The minimum absolute atomic E-state index is 0.593. The molecule has 2 aliphatic rings. The molecular formula is C12H13N5O3. The largest absolute Gasteiger partial charge is 0.481 e. The van der Waals surface area contributed by atoms with Crippen molar-refractivity contribution in [3.63, 3.8) is 0 Å². The molecule has 8 nitrogen and oxygen atoms in total. The first-order valence-corrected chi connectivity index (χ1v) is 5.76. The van der Waals surface area contributed by atoms with Gasteiger partial charge in [0.2, 0.25) is 0 Å². The van der Waals surface area contributed by atoms with Gasteiger partial charge in [-0.2, -0.15) is 0 Å². The summed E-state index contributed by atoms with van der Waals surface area (Å²) in [6.07, 6.45) is 4.72. The van der Waals surface area contributed by atoms with Crippen molar-refractivity contribution < 1.29 is 14.3 Å². The summed E-state index contributed by atoms with van der Waals surface area (Å²) in [7, 11) is 0. The normalized spacial score (nSPS) is 9.85. The lowest BCUT2D eigenvalue weighted by molar-refractivity contribution is -0.134. The number of H-pyrrole nitrogens is 1. The first kappa shape index (κ1) is 13.5. The number of fused-ring (bicyclic) bond motifs is 1. The third-order valence-corrected chi connectivity index (χ3v) is 2.23. The fourth-order valence-electron chi connectivity index (χ4n) is 1.48. The van der Waals surface area contributed by atoms with Crippen LogP contribution in [0, 0.1) is 0 Å². The van der Waals surface area contributed by atoms with Crippen molar-refractivity contribution in [2.45, 2.75) is 13.5 Å². The minimum atomic E-state index is -0.833. The van der Waals surface area contributed by atoms with Crippen LogP contribution in [0.1, 0.15) is 12.7 Å². The van der Waals surface area contributed by atoms with Crippen LogP contribution in [0.3, 0.4) is 0 Å². The molecule has 0 amide bonds. The van der Waals surface area contributed by atoms with E-state index < -0.39 is 5.97 Å². The number of imidazole rings is 1. The van der Waals surface area contributed by atoms with Crippen molar-refractivity contribution >= 4 is 11.8 Å². The average molecular weight is 275 g/mol. The molecule has 1 aromatic rings. The molecule has 3 heterocycles. The Labute approximate surface area is 114 Å². The van der Waals surface area contributed by atoms with Gasteiger partial charge in [0.05, 0.1) is 19.1 Å². The second-order valence-corrected chi connectivity index (χ2v) is 3.78. The van der Waals surface area contributed by atoms with Gasteiger partial charge in [0.1, 0.15) is 23.6 Å². The summed E-state index contributed by atoms with van der Waals surface area (Å²) in [5.74, 6) is 1.44. The molecule has 3 N–H and O–H groups in total. The number of carbonyl (C=O) groups is 1. The lowest BCUT2D eigenvalue weighted by atomic mass is 10.3. The fraction of sp³-hybridized carbons (Fsp3) is 0.167. The smallest absolute Gasteiger partial charge is 0.300 e. The Balaban J connectivity index is 0.000000328. The predicted molar refractivity (Wildman–Crippen MR) is 70.1 cm³/mol. The van der Waals surface area contributed by atoms with Gasteiger partial charge in [-0.15, -0.1) is 0 Å². The molecule has 20 heavy (non-hydrogen) atoms.